The molecule has 1 heterocycles. The summed E-state index contributed by atoms with van der Waals surface area (Å²) in [6.07, 6.45) is 10.3. The Balaban J connectivity index is 2.86. The van der Waals surface area contributed by atoms with Crippen molar-refractivity contribution in [3.8, 4) is 0 Å². The van der Waals surface area contributed by atoms with Gasteiger partial charge in [-0.3, -0.25) is 9.88 Å². The van der Waals surface area contributed by atoms with Gasteiger partial charge in [0, 0.05) is 18.9 Å². The molecule has 0 radical (unpaired) electrons. The summed E-state index contributed by atoms with van der Waals surface area (Å²) in [5, 5.41) is 1.21. The quantitative estimate of drug-likeness (QED) is 0.176. The summed E-state index contributed by atoms with van der Waals surface area (Å²) < 4.78 is 11.7. The fourth-order valence-electron chi connectivity index (χ4n) is 3.06. The van der Waals surface area contributed by atoms with E-state index in [0.29, 0.717) is 13.2 Å². The van der Waals surface area contributed by atoms with E-state index in [4.69, 9.17) is 15.3 Å². The number of aromatic nitrogens is 1. The van der Waals surface area contributed by atoms with Crippen LogP contribution in [-0.2, 0) is 16.0 Å². The van der Waals surface area contributed by atoms with Gasteiger partial charge in [-0.25, -0.2) is 15.6 Å². The van der Waals surface area contributed by atoms with E-state index in [2.05, 4.69) is 35.9 Å². The lowest BCUT2D eigenvalue weighted by molar-refractivity contribution is -0.0636. The van der Waals surface area contributed by atoms with E-state index in [9.17, 15) is 4.79 Å². The van der Waals surface area contributed by atoms with E-state index in [1.165, 1.54) is 5.01 Å². The second-order valence-corrected chi connectivity index (χ2v) is 8.57. The van der Waals surface area contributed by atoms with Gasteiger partial charge in [-0.15, -0.1) is 0 Å². The maximum Gasteiger partial charge on any atom is 0.424 e. The van der Waals surface area contributed by atoms with E-state index in [1.54, 1.807) is 6.20 Å². The molecular weight excluding hydrogens is 380 g/mol. The fourth-order valence-corrected chi connectivity index (χ4v) is 3.06. The van der Waals surface area contributed by atoms with Crippen LogP contribution in [0.25, 0.3) is 0 Å². The van der Waals surface area contributed by atoms with Gasteiger partial charge in [0.05, 0.1) is 18.9 Å². The Bertz CT molecular complexity index is 631. The Hall–Kier alpha value is -1.96. The molecule has 1 rings (SSSR count). The van der Waals surface area contributed by atoms with Gasteiger partial charge in [0.25, 0.3) is 0 Å². The molecule has 1 unspecified atom stereocenters. The van der Waals surface area contributed by atoms with Crippen molar-refractivity contribution in [2.45, 2.75) is 84.6 Å². The molecule has 0 aliphatic heterocycles. The summed E-state index contributed by atoms with van der Waals surface area (Å²) in [4.78, 5) is 18.8. The summed E-state index contributed by atoms with van der Waals surface area (Å²) >= 11 is 0. The number of hydrogen-bond donors (Lipinski definition) is 1. The minimum atomic E-state index is -0.603. The van der Waals surface area contributed by atoms with E-state index in [0.717, 1.165) is 31.4 Å². The van der Waals surface area contributed by atoms with Crippen molar-refractivity contribution in [3.05, 3.63) is 42.2 Å². The predicted octanol–water partition coefficient (Wildman–Crippen LogP) is 4.49. The molecule has 7 nitrogen and oxygen atoms in total. The van der Waals surface area contributed by atoms with E-state index < -0.39 is 11.7 Å². The lowest BCUT2D eigenvalue weighted by atomic mass is 10.0. The topological polar surface area (TPSA) is 80.9 Å². The predicted molar refractivity (Wildman–Crippen MR) is 120 cm³/mol. The van der Waals surface area contributed by atoms with Gasteiger partial charge in [-0.05, 0) is 58.7 Å². The van der Waals surface area contributed by atoms with Crippen LogP contribution in [-0.4, -0.2) is 52.5 Å². The number of carbonyl (C=O) groups is 1. The molecule has 0 bridgehead atoms. The first-order valence-corrected chi connectivity index (χ1v) is 10.8. The second-order valence-electron chi connectivity index (χ2n) is 8.57. The molecule has 0 spiro atoms. The molecule has 0 aliphatic rings. The smallest absolute Gasteiger partial charge is 0.424 e. The molecule has 1 aromatic rings. The number of rotatable bonds is 12. The SMILES string of the molecule is CC/C=C\CC(OCN(C)Cc1cccnc1)[C@H](CCC)N(N)C(=O)OC(C)(C)C. The first-order valence-electron chi connectivity index (χ1n) is 10.8. The van der Waals surface area contributed by atoms with E-state index in [-0.39, 0.29) is 12.1 Å². The van der Waals surface area contributed by atoms with Crippen LogP contribution in [0.2, 0.25) is 0 Å². The van der Waals surface area contributed by atoms with E-state index in [1.807, 2.05) is 46.1 Å². The third kappa shape index (κ3) is 10.2. The van der Waals surface area contributed by atoms with Crippen LogP contribution in [0, 0.1) is 0 Å². The van der Waals surface area contributed by atoms with Crippen molar-refractivity contribution < 1.29 is 14.3 Å². The third-order valence-electron chi connectivity index (χ3n) is 4.43. The molecule has 2 atom stereocenters. The highest BCUT2D eigenvalue weighted by Crippen LogP contribution is 2.19. The van der Waals surface area contributed by atoms with Crippen LogP contribution in [0.5, 0.6) is 0 Å². The Morgan fingerprint density at radius 1 is 1.30 bits per heavy atom. The highest BCUT2D eigenvalue weighted by atomic mass is 16.6. The minimum Gasteiger partial charge on any atom is -0.443 e. The zero-order chi connectivity index (χ0) is 22.6. The second kappa shape index (κ2) is 13.4. The normalized spacial score (nSPS) is 14.1. The first-order chi connectivity index (χ1) is 14.2. The molecule has 0 fully saturated rings. The number of carbonyl (C=O) groups excluding carboxylic acids is 1. The molecule has 1 aromatic heterocycles. The Labute approximate surface area is 182 Å². The van der Waals surface area contributed by atoms with Gasteiger partial charge in [0.1, 0.15) is 5.60 Å². The van der Waals surface area contributed by atoms with Gasteiger partial charge in [-0.1, -0.05) is 38.5 Å². The number of hydrazine groups is 1. The van der Waals surface area contributed by atoms with Crippen molar-refractivity contribution in [2.24, 2.45) is 5.84 Å². The highest BCUT2D eigenvalue weighted by Gasteiger charge is 2.31. The Morgan fingerprint density at radius 2 is 2.03 bits per heavy atom. The molecule has 30 heavy (non-hydrogen) atoms. The van der Waals surface area contributed by atoms with Crippen LogP contribution in [0.1, 0.15) is 65.9 Å². The molecule has 7 heteroatoms. The number of ether oxygens (including phenoxy) is 2. The average Bonchev–Trinajstić information content (AvgIpc) is 2.68. The Morgan fingerprint density at radius 3 is 2.60 bits per heavy atom. The van der Waals surface area contributed by atoms with Gasteiger partial charge < -0.3 is 9.47 Å². The average molecular weight is 421 g/mol. The van der Waals surface area contributed by atoms with Crippen LogP contribution in [0.15, 0.2) is 36.7 Å². The van der Waals surface area contributed by atoms with Gasteiger partial charge in [0.2, 0.25) is 0 Å². The van der Waals surface area contributed by atoms with Crippen LogP contribution < -0.4 is 5.84 Å². The number of pyridine rings is 1. The van der Waals surface area contributed by atoms with Crippen LogP contribution in [0.3, 0.4) is 0 Å². The van der Waals surface area contributed by atoms with Crippen molar-refractivity contribution >= 4 is 6.09 Å². The number of allylic oxidation sites excluding steroid dienone is 1. The standard InChI is InChI=1S/C23H40N4O3/c1-7-9-10-14-21(29-18-26(6)17-19-13-11-15-25-16-19)20(12-8-2)27(24)22(28)30-23(3,4)5/h9-11,13,15-16,20-21H,7-8,12,14,17-18,24H2,1-6H3/b10-9-/t20-,21?/m0/s1. The number of nitrogens with zero attached hydrogens (tertiary/aromatic N) is 3. The summed E-state index contributed by atoms with van der Waals surface area (Å²) in [7, 11) is 1.99. The number of hydrogen-bond acceptors (Lipinski definition) is 6. The molecule has 2 N–H and O–H groups in total. The molecule has 0 saturated carbocycles. The van der Waals surface area contributed by atoms with Crippen molar-refractivity contribution in [1.29, 1.82) is 0 Å². The van der Waals surface area contributed by atoms with Crippen molar-refractivity contribution in [3.63, 3.8) is 0 Å². The third-order valence-corrected chi connectivity index (χ3v) is 4.43. The molecular formula is C23H40N4O3. The number of nitrogens with two attached hydrogens (primary N) is 1. The molecule has 0 aromatic carbocycles. The lowest BCUT2D eigenvalue weighted by Gasteiger charge is -2.35. The summed E-state index contributed by atoms with van der Waals surface area (Å²) in [6.45, 7) is 10.8. The maximum absolute atomic E-state index is 12.6. The molecule has 1 amide bonds. The summed E-state index contributed by atoms with van der Waals surface area (Å²) in [5.41, 5.74) is 0.513. The minimum absolute atomic E-state index is 0.235. The van der Waals surface area contributed by atoms with Crippen LogP contribution in [0.4, 0.5) is 4.79 Å². The van der Waals surface area contributed by atoms with E-state index >= 15 is 0 Å². The largest absolute Gasteiger partial charge is 0.443 e. The first kappa shape index (κ1) is 26.1. The summed E-state index contributed by atoms with van der Waals surface area (Å²) in [6, 6.07) is 3.68. The van der Waals surface area contributed by atoms with Crippen molar-refractivity contribution in [1.82, 2.24) is 14.9 Å². The molecule has 0 aliphatic carbocycles. The maximum atomic E-state index is 12.6. The van der Waals surface area contributed by atoms with Gasteiger partial charge >= 0.3 is 6.09 Å². The lowest BCUT2D eigenvalue weighted by Crippen LogP contribution is -2.53. The monoisotopic (exact) mass is 420 g/mol. The zero-order valence-corrected chi connectivity index (χ0v) is 19.5. The molecule has 0 saturated heterocycles. The zero-order valence-electron chi connectivity index (χ0n) is 19.5. The Kier molecular flexibility index (Phi) is 11.6. The highest BCUT2D eigenvalue weighted by molar-refractivity contribution is 5.67. The summed E-state index contributed by atoms with van der Waals surface area (Å²) in [5.74, 6) is 6.22. The van der Waals surface area contributed by atoms with Gasteiger partial charge in [0.15, 0.2) is 0 Å². The van der Waals surface area contributed by atoms with Crippen molar-refractivity contribution in [2.75, 3.05) is 13.8 Å². The fraction of sp³-hybridized carbons (Fsp3) is 0.652. The van der Waals surface area contributed by atoms with Gasteiger partial charge in [-0.2, -0.15) is 0 Å². The molecule has 170 valence electrons. The van der Waals surface area contributed by atoms with Crippen LogP contribution >= 0.6 is 0 Å². The number of amides is 1.